The zero-order valence-corrected chi connectivity index (χ0v) is 12.9. The molecule has 0 saturated carbocycles. The number of amides is 1. The molecule has 0 bridgehead atoms. The Morgan fingerprint density at radius 2 is 1.79 bits per heavy atom. The first-order valence-electron chi connectivity index (χ1n) is 7.02. The Balaban J connectivity index is 1.91. The van der Waals surface area contributed by atoms with E-state index < -0.39 is 11.9 Å². The summed E-state index contributed by atoms with van der Waals surface area (Å²) in [6.07, 6.45) is 1.27. The second-order valence-electron chi connectivity index (χ2n) is 4.63. The number of para-hydroxylation sites is 2. The van der Waals surface area contributed by atoms with Gasteiger partial charge in [-0.2, -0.15) is 5.10 Å². The molecule has 7 nitrogen and oxygen atoms in total. The molecule has 2 N–H and O–H groups in total. The van der Waals surface area contributed by atoms with E-state index in [2.05, 4.69) is 10.5 Å². The van der Waals surface area contributed by atoms with Crippen LogP contribution in [0.1, 0.15) is 15.9 Å². The van der Waals surface area contributed by atoms with E-state index in [0.29, 0.717) is 17.1 Å². The van der Waals surface area contributed by atoms with Crippen molar-refractivity contribution in [2.24, 2.45) is 5.10 Å². The van der Waals surface area contributed by atoms with Crippen molar-refractivity contribution < 1.29 is 24.2 Å². The summed E-state index contributed by atoms with van der Waals surface area (Å²) in [7, 11) is 1.51. The fraction of sp³-hybridized carbons (Fsp3) is 0.118. The second-order valence-corrected chi connectivity index (χ2v) is 4.63. The predicted molar refractivity (Wildman–Crippen MR) is 87.6 cm³/mol. The highest BCUT2D eigenvalue weighted by atomic mass is 16.5. The lowest BCUT2D eigenvalue weighted by Crippen LogP contribution is -2.24. The van der Waals surface area contributed by atoms with E-state index in [1.807, 2.05) is 0 Å². The number of carbonyl (C=O) groups excluding carboxylic acids is 1. The number of benzene rings is 2. The molecule has 0 aliphatic carbocycles. The molecule has 2 aromatic carbocycles. The number of rotatable bonds is 7. The summed E-state index contributed by atoms with van der Waals surface area (Å²) in [6, 6.07) is 13.3. The third-order valence-corrected chi connectivity index (χ3v) is 3.01. The molecule has 0 unspecified atom stereocenters. The van der Waals surface area contributed by atoms with E-state index in [4.69, 9.17) is 14.6 Å². The molecule has 0 heterocycles. The van der Waals surface area contributed by atoms with Crippen molar-refractivity contribution in [2.45, 2.75) is 0 Å². The fourth-order valence-electron chi connectivity index (χ4n) is 1.89. The molecule has 1 amide bonds. The third kappa shape index (κ3) is 4.57. The van der Waals surface area contributed by atoms with Crippen LogP contribution in [0.5, 0.6) is 11.5 Å². The van der Waals surface area contributed by atoms with Crippen molar-refractivity contribution in [1.29, 1.82) is 0 Å². The maximum atomic E-state index is 11.7. The first-order valence-corrected chi connectivity index (χ1v) is 7.02. The number of hydrazone groups is 1. The predicted octanol–water partition coefficient (Wildman–Crippen LogP) is 1.92. The van der Waals surface area contributed by atoms with E-state index in [1.165, 1.54) is 19.4 Å². The lowest BCUT2D eigenvalue weighted by Gasteiger charge is -2.09. The number of carboxylic acids is 1. The molecule has 0 aliphatic heterocycles. The molecule has 124 valence electrons. The first kappa shape index (κ1) is 17.0. The van der Waals surface area contributed by atoms with Crippen molar-refractivity contribution in [3.8, 4) is 11.5 Å². The van der Waals surface area contributed by atoms with Gasteiger partial charge in [0.15, 0.2) is 18.1 Å². The minimum Gasteiger partial charge on any atom is -0.493 e. The molecule has 0 fully saturated rings. The Morgan fingerprint density at radius 1 is 1.12 bits per heavy atom. The topological polar surface area (TPSA) is 97.2 Å². The van der Waals surface area contributed by atoms with Crippen LogP contribution in [-0.2, 0) is 4.79 Å². The summed E-state index contributed by atoms with van der Waals surface area (Å²) >= 11 is 0. The summed E-state index contributed by atoms with van der Waals surface area (Å²) in [5.41, 5.74) is 2.76. The number of carbonyl (C=O) groups is 2. The molecular formula is C17H16N2O5. The molecule has 0 radical (unpaired) electrons. The van der Waals surface area contributed by atoms with Crippen LogP contribution in [0.2, 0.25) is 0 Å². The number of hydrogen-bond acceptors (Lipinski definition) is 5. The van der Waals surface area contributed by atoms with E-state index in [9.17, 15) is 9.59 Å². The standard InChI is InChI=1S/C17H16N2O5/c1-23-14-8-4-5-9-15(14)24-11-16(20)19-18-10-12-6-2-3-7-13(12)17(21)22/h2-10H,11H2,1H3,(H,19,20)(H,21,22)/b18-10+. The van der Waals surface area contributed by atoms with E-state index in [0.717, 1.165) is 0 Å². The number of nitrogens with zero attached hydrogens (tertiary/aromatic N) is 1. The Bertz CT molecular complexity index is 758. The van der Waals surface area contributed by atoms with Crippen LogP contribution >= 0.6 is 0 Å². The molecule has 2 rings (SSSR count). The molecule has 0 aliphatic rings. The number of hydrogen-bond donors (Lipinski definition) is 2. The van der Waals surface area contributed by atoms with Gasteiger partial charge in [0, 0.05) is 5.56 Å². The maximum absolute atomic E-state index is 11.7. The zero-order valence-electron chi connectivity index (χ0n) is 12.9. The molecule has 0 saturated heterocycles. The van der Waals surface area contributed by atoms with Crippen LogP contribution in [0.4, 0.5) is 0 Å². The lowest BCUT2D eigenvalue weighted by molar-refractivity contribution is -0.123. The van der Waals surface area contributed by atoms with Crippen LogP contribution in [0.25, 0.3) is 0 Å². The highest BCUT2D eigenvalue weighted by Crippen LogP contribution is 2.25. The number of ether oxygens (including phenoxy) is 2. The van der Waals surface area contributed by atoms with Gasteiger partial charge in [0.05, 0.1) is 18.9 Å². The van der Waals surface area contributed by atoms with Gasteiger partial charge in [-0.3, -0.25) is 4.79 Å². The fourth-order valence-corrected chi connectivity index (χ4v) is 1.89. The summed E-state index contributed by atoms with van der Waals surface area (Å²) in [6.45, 7) is -0.252. The van der Waals surface area contributed by atoms with Gasteiger partial charge in [-0.15, -0.1) is 0 Å². The van der Waals surface area contributed by atoms with Gasteiger partial charge in [-0.05, 0) is 18.2 Å². The normalized spacial score (nSPS) is 10.4. The molecule has 24 heavy (non-hydrogen) atoms. The van der Waals surface area contributed by atoms with Crippen LogP contribution in [0.15, 0.2) is 53.6 Å². The largest absolute Gasteiger partial charge is 0.493 e. The quantitative estimate of drug-likeness (QED) is 0.598. The van der Waals surface area contributed by atoms with Crippen LogP contribution in [-0.4, -0.2) is 36.9 Å². The maximum Gasteiger partial charge on any atom is 0.336 e. The molecule has 2 aromatic rings. The van der Waals surface area contributed by atoms with E-state index >= 15 is 0 Å². The van der Waals surface area contributed by atoms with E-state index in [1.54, 1.807) is 42.5 Å². The molecular weight excluding hydrogens is 312 g/mol. The van der Waals surface area contributed by atoms with Crippen molar-refractivity contribution >= 4 is 18.1 Å². The van der Waals surface area contributed by atoms with Gasteiger partial charge in [-0.25, -0.2) is 10.2 Å². The van der Waals surface area contributed by atoms with Crippen molar-refractivity contribution in [2.75, 3.05) is 13.7 Å². The highest BCUT2D eigenvalue weighted by molar-refractivity contribution is 5.98. The van der Waals surface area contributed by atoms with Gasteiger partial charge in [0.1, 0.15) is 0 Å². The average molecular weight is 328 g/mol. The minimum atomic E-state index is -1.07. The number of aromatic carboxylic acids is 1. The monoisotopic (exact) mass is 328 g/mol. The van der Waals surface area contributed by atoms with Crippen LogP contribution in [0, 0.1) is 0 Å². The molecule has 7 heteroatoms. The second kappa shape index (κ2) is 8.33. The SMILES string of the molecule is COc1ccccc1OCC(=O)N/N=C/c1ccccc1C(=O)O. The van der Waals surface area contributed by atoms with Gasteiger partial charge in [-0.1, -0.05) is 30.3 Å². The summed E-state index contributed by atoms with van der Waals surface area (Å²) in [5, 5.41) is 12.8. The van der Waals surface area contributed by atoms with Crippen LogP contribution in [0.3, 0.4) is 0 Å². The van der Waals surface area contributed by atoms with Crippen molar-refractivity contribution in [3.63, 3.8) is 0 Å². The number of carboxylic acid groups (broad SMARTS) is 1. The van der Waals surface area contributed by atoms with Gasteiger partial charge in [0.2, 0.25) is 0 Å². The smallest absolute Gasteiger partial charge is 0.336 e. The number of methoxy groups -OCH3 is 1. The summed E-state index contributed by atoms with van der Waals surface area (Å²) < 4.78 is 10.5. The van der Waals surface area contributed by atoms with E-state index in [-0.39, 0.29) is 12.2 Å². The molecule has 0 aromatic heterocycles. The van der Waals surface area contributed by atoms with Gasteiger partial charge >= 0.3 is 5.97 Å². The zero-order chi connectivity index (χ0) is 17.4. The number of nitrogens with one attached hydrogen (secondary N) is 1. The minimum absolute atomic E-state index is 0.0979. The lowest BCUT2D eigenvalue weighted by atomic mass is 10.1. The third-order valence-electron chi connectivity index (χ3n) is 3.01. The van der Waals surface area contributed by atoms with Gasteiger partial charge in [0.25, 0.3) is 5.91 Å². The van der Waals surface area contributed by atoms with Crippen molar-refractivity contribution in [3.05, 3.63) is 59.7 Å². The molecule has 0 spiro atoms. The highest BCUT2D eigenvalue weighted by Gasteiger charge is 2.08. The summed E-state index contributed by atoms with van der Waals surface area (Å²) in [5.74, 6) is -0.590. The van der Waals surface area contributed by atoms with Gasteiger partial charge < -0.3 is 14.6 Å². The average Bonchev–Trinajstić information content (AvgIpc) is 2.60. The first-order chi connectivity index (χ1) is 11.6. The Kier molecular flexibility index (Phi) is 5.90. The Morgan fingerprint density at radius 3 is 2.50 bits per heavy atom. The van der Waals surface area contributed by atoms with Crippen LogP contribution < -0.4 is 14.9 Å². The Labute approximate surface area is 138 Å². The Hall–Kier alpha value is -3.35. The van der Waals surface area contributed by atoms with Crippen molar-refractivity contribution in [1.82, 2.24) is 5.43 Å². The molecule has 0 atom stereocenters. The summed E-state index contributed by atoms with van der Waals surface area (Å²) in [4.78, 5) is 22.8.